The SMILES string of the molecule is Cc1nc2c(s1)[C@@H](N(C)C(=O)COC[C@@H]1CCCO1)CCC2. The predicted molar refractivity (Wildman–Crippen MR) is 85.1 cm³/mol. The fourth-order valence-electron chi connectivity index (χ4n) is 3.22. The molecule has 2 aliphatic rings. The maximum atomic E-state index is 12.4. The van der Waals surface area contributed by atoms with E-state index in [1.54, 1.807) is 11.3 Å². The van der Waals surface area contributed by atoms with Gasteiger partial charge in [0, 0.05) is 13.7 Å². The molecule has 3 rings (SSSR count). The van der Waals surface area contributed by atoms with E-state index in [9.17, 15) is 4.79 Å². The topological polar surface area (TPSA) is 51.7 Å². The predicted octanol–water partition coefficient (Wildman–Crippen LogP) is 2.48. The van der Waals surface area contributed by atoms with E-state index in [1.807, 2.05) is 18.9 Å². The molecule has 122 valence electrons. The second kappa shape index (κ2) is 7.06. The van der Waals surface area contributed by atoms with Crippen LogP contribution in [0, 0.1) is 6.92 Å². The van der Waals surface area contributed by atoms with Crippen molar-refractivity contribution in [3.8, 4) is 0 Å². The van der Waals surface area contributed by atoms with Crippen LogP contribution in [0.3, 0.4) is 0 Å². The fourth-order valence-corrected chi connectivity index (χ4v) is 4.37. The third-order valence-electron chi connectivity index (χ3n) is 4.44. The Morgan fingerprint density at radius 2 is 2.32 bits per heavy atom. The van der Waals surface area contributed by atoms with Crippen molar-refractivity contribution in [1.82, 2.24) is 9.88 Å². The molecule has 0 spiro atoms. The Morgan fingerprint density at radius 1 is 1.45 bits per heavy atom. The average molecular weight is 324 g/mol. The molecule has 0 aromatic carbocycles. The van der Waals surface area contributed by atoms with Crippen molar-refractivity contribution in [3.05, 3.63) is 15.6 Å². The van der Waals surface area contributed by atoms with Crippen molar-refractivity contribution in [2.24, 2.45) is 0 Å². The molecule has 0 unspecified atom stereocenters. The number of aromatic nitrogens is 1. The summed E-state index contributed by atoms with van der Waals surface area (Å²) in [5.74, 6) is 0.0434. The van der Waals surface area contributed by atoms with Crippen LogP contribution in [0.2, 0.25) is 0 Å². The van der Waals surface area contributed by atoms with Crippen LogP contribution in [0.15, 0.2) is 0 Å². The molecule has 2 heterocycles. The zero-order chi connectivity index (χ0) is 15.5. The summed E-state index contributed by atoms with van der Waals surface area (Å²) in [4.78, 5) is 20.1. The summed E-state index contributed by atoms with van der Waals surface area (Å²) in [5, 5.41) is 1.09. The van der Waals surface area contributed by atoms with E-state index < -0.39 is 0 Å². The van der Waals surface area contributed by atoms with E-state index in [-0.39, 0.29) is 24.7 Å². The second-order valence-corrected chi connectivity index (χ2v) is 7.34. The Hall–Kier alpha value is -0.980. The second-order valence-electron chi connectivity index (χ2n) is 6.11. The summed E-state index contributed by atoms with van der Waals surface area (Å²) in [6, 6.07) is 0.161. The Bertz CT molecular complexity index is 525. The van der Waals surface area contributed by atoms with Crippen LogP contribution in [0.4, 0.5) is 0 Å². The molecular weight excluding hydrogens is 300 g/mol. The van der Waals surface area contributed by atoms with E-state index >= 15 is 0 Å². The van der Waals surface area contributed by atoms with Gasteiger partial charge in [-0.05, 0) is 39.0 Å². The highest BCUT2D eigenvalue weighted by Crippen LogP contribution is 2.37. The molecule has 2 atom stereocenters. The number of ether oxygens (including phenoxy) is 2. The summed E-state index contributed by atoms with van der Waals surface area (Å²) in [6.07, 6.45) is 5.45. The third-order valence-corrected chi connectivity index (χ3v) is 5.56. The molecule has 0 bridgehead atoms. The lowest BCUT2D eigenvalue weighted by Gasteiger charge is -2.30. The quantitative estimate of drug-likeness (QED) is 0.835. The molecule has 1 amide bonds. The van der Waals surface area contributed by atoms with Crippen LogP contribution in [0.5, 0.6) is 0 Å². The van der Waals surface area contributed by atoms with Gasteiger partial charge in [-0.15, -0.1) is 11.3 Å². The Morgan fingerprint density at radius 3 is 3.09 bits per heavy atom. The lowest BCUT2D eigenvalue weighted by molar-refractivity contribution is -0.138. The minimum atomic E-state index is 0.0434. The minimum absolute atomic E-state index is 0.0434. The maximum Gasteiger partial charge on any atom is 0.248 e. The molecular formula is C16H24N2O3S. The number of rotatable bonds is 5. The largest absolute Gasteiger partial charge is 0.376 e. The first-order chi connectivity index (χ1) is 10.6. The number of nitrogens with zero attached hydrogens (tertiary/aromatic N) is 2. The van der Waals surface area contributed by atoms with E-state index in [1.165, 1.54) is 10.6 Å². The first-order valence-electron chi connectivity index (χ1n) is 8.06. The molecule has 1 aliphatic heterocycles. The van der Waals surface area contributed by atoms with Crippen molar-refractivity contribution < 1.29 is 14.3 Å². The Labute approximate surface area is 135 Å². The number of thiazole rings is 1. The van der Waals surface area contributed by atoms with E-state index in [4.69, 9.17) is 9.47 Å². The van der Waals surface area contributed by atoms with E-state index in [0.29, 0.717) is 6.61 Å². The molecule has 1 fully saturated rings. The molecule has 0 saturated carbocycles. The summed E-state index contributed by atoms with van der Waals surface area (Å²) < 4.78 is 11.1. The van der Waals surface area contributed by atoms with Crippen molar-refractivity contribution in [3.63, 3.8) is 0 Å². The summed E-state index contributed by atoms with van der Waals surface area (Å²) in [7, 11) is 1.88. The highest BCUT2D eigenvalue weighted by atomic mass is 32.1. The van der Waals surface area contributed by atoms with Gasteiger partial charge in [-0.25, -0.2) is 4.98 Å². The lowest BCUT2D eigenvalue weighted by Crippen LogP contribution is -2.35. The molecule has 6 heteroatoms. The van der Waals surface area contributed by atoms with Crippen molar-refractivity contribution in [2.45, 2.75) is 51.2 Å². The Kier molecular flexibility index (Phi) is 5.10. The van der Waals surface area contributed by atoms with E-state index in [0.717, 1.165) is 43.7 Å². The van der Waals surface area contributed by atoms with Crippen molar-refractivity contribution >= 4 is 17.2 Å². The van der Waals surface area contributed by atoms with Gasteiger partial charge in [0.15, 0.2) is 0 Å². The van der Waals surface area contributed by atoms with Gasteiger partial charge < -0.3 is 14.4 Å². The smallest absolute Gasteiger partial charge is 0.248 e. The number of amides is 1. The van der Waals surface area contributed by atoms with Gasteiger partial charge in [0.05, 0.1) is 34.3 Å². The highest BCUT2D eigenvalue weighted by Gasteiger charge is 2.29. The number of fused-ring (bicyclic) bond motifs is 1. The van der Waals surface area contributed by atoms with Gasteiger partial charge in [0.25, 0.3) is 0 Å². The number of hydrogen-bond donors (Lipinski definition) is 0. The summed E-state index contributed by atoms with van der Waals surface area (Å²) in [6.45, 7) is 3.51. The first kappa shape index (κ1) is 15.9. The number of carbonyl (C=O) groups excluding carboxylic acids is 1. The third kappa shape index (κ3) is 3.50. The summed E-state index contributed by atoms with van der Waals surface area (Å²) >= 11 is 1.72. The molecule has 0 radical (unpaired) electrons. The molecule has 1 aliphatic carbocycles. The number of aryl methyl sites for hydroxylation is 2. The highest BCUT2D eigenvalue weighted by molar-refractivity contribution is 7.11. The zero-order valence-corrected chi connectivity index (χ0v) is 14.2. The van der Waals surface area contributed by atoms with Crippen LogP contribution in [0.1, 0.15) is 47.3 Å². The van der Waals surface area contributed by atoms with Gasteiger partial charge in [-0.2, -0.15) is 0 Å². The van der Waals surface area contributed by atoms with Gasteiger partial charge in [-0.1, -0.05) is 0 Å². The minimum Gasteiger partial charge on any atom is -0.376 e. The van der Waals surface area contributed by atoms with Crippen LogP contribution < -0.4 is 0 Å². The van der Waals surface area contributed by atoms with E-state index in [2.05, 4.69) is 4.98 Å². The van der Waals surface area contributed by atoms with Gasteiger partial charge >= 0.3 is 0 Å². The summed E-state index contributed by atoms with van der Waals surface area (Å²) in [5.41, 5.74) is 1.18. The standard InChI is InChI=1S/C16H24N2O3S/c1-11-17-13-6-3-7-14(16(13)22-11)18(2)15(19)10-20-9-12-5-4-8-21-12/h12,14H,3-10H2,1-2H3/t12-,14-/m0/s1. The molecule has 1 aromatic rings. The van der Waals surface area contributed by atoms with Gasteiger partial charge in [0.1, 0.15) is 6.61 Å². The molecule has 1 aromatic heterocycles. The van der Waals surface area contributed by atoms with Crippen molar-refractivity contribution in [2.75, 3.05) is 26.9 Å². The fraction of sp³-hybridized carbons (Fsp3) is 0.750. The normalized spacial score (nSPS) is 24.3. The maximum absolute atomic E-state index is 12.4. The molecule has 0 N–H and O–H groups in total. The Balaban J connectivity index is 1.54. The number of likely N-dealkylation sites (N-methyl/N-ethyl adjacent to an activating group) is 1. The zero-order valence-electron chi connectivity index (χ0n) is 13.3. The van der Waals surface area contributed by atoms with Crippen LogP contribution in [-0.2, 0) is 20.7 Å². The lowest BCUT2D eigenvalue weighted by atomic mass is 9.97. The number of carbonyl (C=O) groups is 1. The number of hydrogen-bond acceptors (Lipinski definition) is 5. The van der Waals surface area contributed by atoms with Crippen LogP contribution in [-0.4, -0.2) is 48.8 Å². The van der Waals surface area contributed by atoms with Gasteiger partial charge in [-0.3, -0.25) is 4.79 Å². The monoisotopic (exact) mass is 324 g/mol. The van der Waals surface area contributed by atoms with Crippen LogP contribution in [0.25, 0.3) is 0 Å². The molecule has 5 nitrogen and oxygen atoms in total. The molecule has 22 heavy (non-hydrogen) atoms. The molecule has 1 saturated heterocycles. The average Bonchev–Trinajstić information content (AvgIpc) is 3.14. The van der Waals surface area contributed by atoms with Crippen molar-refractivity contribution in [1.29, 1.82) is 0 Å². The van der Waals surface area contributed by atoms with Gasteiger partial charge in [0.2, 0.25) is 5.91 Å². The first-order valence-corrected chi connectivity index (χ1v) is 8.88. The van der Waals surface area contributed by atoms with Crippen LogP contribution >= 0.6 is 11.3 Å².